The van der Waals surface area contributed by atoms with E-state index in [9.17, 15) is 45.5 Å². The largest absolute Gasteiger partial charge is 0.543 e. The number of rotatable bonds is 13. The van der Waals surface area contributed by atoms with Crippen LogP contribution in [0, 0.1) is 0 Å². The number of alkyl halides is 6. The molecule has 0 unspecified atom stereocenters. The highest BCUT2D eigenvalue weighted by atomic mass is 32.1. The highest BCUT2D eigenvalue weighted by Gasteiger charge is 2.42. The molecule has 0 aliphatic heterocycles. The van der Waals surface area contributed by atoms with Crippen molar-refractivity contribution < 1.29 is 69.0 Å². The predicted molar refractivity (Wildman–Crippen MR) is 243 cm³/mol. The predicted octanol–water partition coefficient (Wildman–Crippen LogP) is 11.5. The Hall–Kier alpha value is -5.01. The molecule has 2 heterocycles. The molecule has 0 saturated heterocycles. The number of nitrogens with one attached hydrogen (secondary N) is 1. The number of carbonyl (C=O) groups is 4. The number of hydrogen-bond donors (Lipinski definition) is 3. The summed E-state index contributed by atoms with van der Waals surface area (Å²) < 4.78 is 98.2. The van der Waals surface area contributed by atoms with Crippen LogP contribution in [0.25, 0.3) is 0 Å². The fourth-order valence-corrected chi connectivity index (χ4v) is 8.31. The number of carbonyl (C=O) groups excluding carboxylic acids is 3. The Balaban J connectivity index is 0.000000370. The van der Waals surface area contributed by atoms with Gasteiger partial charge in [0.15, 0.2) is 21.7 Å². The van der Waals surface area contributed by atoms with Gasteiger partial charge in [-0.05, 0) is 85.5 Å². The monoisotopic (exact) mass is 994 g/mol. The lowest BCUT2D eigenvalue weighted by atomic mass is 10.1. The van der Waals surface area contributed by atoms with Crippen molar-refractivity contribution in [3.8, 4) is 11.5 Å². The first kappa shape index (κ1) is 56.1. The first-order valence-electron chi connectivity index (χ1n) is 19.9. The number of carboxylic acids is 1. The van der Waals surface area contributed by atoms with Crippen molar-refractivity contribution in [2.75, 3.05) is 24.3 Å². The second-order valence-corrected chi connectivity index (χ2v) is 28.7. The number of esters is 2. The number of aromatic nitrogens is 2. The lowest BCUT2D eigenvalue weighted by Gasteiger charge is -2.36. The van der Waals surface area contributed by atoms with E-state index in [4.69, 9.17) is 19.7 Å². The van der Waals surface area contributed by atoms with Crippen LogP contribution in [0.15, 0.2) is 48.5 Å². The quantitative estimate of drug-likeness (QED) is 0.0654. The molecule has 0 fully saturated rings. The number of aliphatic carboxylic acids is 1. The van der Waals surface area contributed by atoms with Gasteiger partial charge in [-0.15, -0.1) is 0 Å². The maximum absolute atomic E-state index is 13.2. The first-order chi connectivity index (χ1) is 29.6. The normalized spacial score (nSPS) is 12.2. The van der Waals surface area contributed by atoms with Crippen LogP contribution in [0.4, 0.5) is 36.6 Å². The molecule has 0 aliphatic rings. The van der Waals surface area contributed by atoms with E-state index in [0.717, 1.165) is 11.3 Å². The summed E-state index contributed by atoms with van der Waals surface area (Å²) in [4.78, 5) is 51.2. The average molecular weight is 995 g/mol. The van der Waals surface area contributed by atoms with Crippen LogP contribution in [0.3, 0.4) is 0 Å². The standard InChI is InChI=1S/C21H27F3N2O4SSi.C14H22O3Si.C7H7F3N2O2S/c1-7-29-18(28)16-17(21(22,23)24)26-19(31-16)25-15(27)12-13-9-8-10-14(11-13)30-32(5,6)20(2,3)4;1-14(2,3)18(4,5)17-12-8-6-7-11(9-12)10-13(15)16;1-2-14-5(13)3-4(7(8,9)10)12-6(11)15-3/h8-11H,7,12H2,1-6H3,(H,25,26,27);6-9H,10H2,1-5H3,(H,15,16);2H2,1H3,(H2,11,12). The van der Waals surface area contributed by atoms with Crippen LogP contribution in [-0.4, -0.2) is 68.7 Å². The molecule has 0 radical (unpaired) electrons. The number of nitrogens with two attached hydrogens (primary N) is 1. The zero-order valence-corrected chi connectivity index (χ0v) is 41.8. The zero-order chi connectivity index (χ0) is 49.9. The number of amides is 1. The number of nitrogen functional groups attached to an aromatic ring is 1. The molecule has 4 N–H and O–H groups in total. The molecule has 1 amide bonds. The average Bonchev–Trinajstić information content (AvgIpc) is 3.76. The molecule has 23 heteroatoms. The van der Waals surface area contributed by atoms with Crippen LogP contribution >= 0.6 is 22.7 Å². The fourth-order valence-electron chi connectivity index (χ4n) is 4.62. The Bertz CT molecular complexity index is 2270. The fraction of sp³-hybridized carbons (Fsp3) is 0.476. The Morgan fingerprint density at radius 2 is 1.08 bits per heavy atom. The molecular formula is C42H56F6N4O9S2Si2. The topological polar surface area (TPSA) is 189 Å². The highest BCUT2D eigenvalue weighted by Crippen LogP contribution is 2.40. The third-order valence-corrected chi connectivity index (χ3v) is 20.4. The number of thiazole rings is 2. The van der Waals surface area contributed by atoms with Crippen molar-refractivity contribution in [2.24, 2.45) is 0 Å². The van der Waals surface area contributed by atoms with Crippen LogP contribution in [0.5, 0.6) is 11.5 Å². The molecular weight excluding hydrogens is 939 g/mol. The van der Waals surface area contributed by atoms with Gasteiger partial charge in [0.25, 0.3) is 0 Å². The van der Waals surface area contributed by atoms with Crippen LogP contribution in [0.1, 0.15) is 97.2 Å². The molecule has 0 aliphatic carbocycles. The van der Waals surface area contributed by atoms with Gasteiger partial charge in [-0.3, -0.25) is 9.59 Å². The molecule has 0 bridgehead atoms. The van der Waals surface area contributed by atoms with Gasteiger partial charge in [0, 0.05) is 0 Å². The summed E-state index contributed by atoms with van der Waals surface area (Å²) in [5.74, 6) is -2.15. The molecule has 2 aromatic carbocycles. The van der Waals surface area contributed by atoms with Crippen molar-refractivity contribution in [1.29, 1.82) is 0 Å². The summed E-state index contributed by atoms with van der Waals surface area (Å²) in [6, 6.07) is 14.4. The first-order valence-corrected chi connectivity index (χ1v) is 27.4. The van der Waals surface area contributed by atoms with E-state index >= 15 is 0 Å². The molecule has 360 valence electrons. The molecule has 65 heavy (non-hydrogen) atoms. The van der Waals surface area contributed by atoms with Gasteiger partial charge in [-0.25, -0.2) is 19.6 Å². The van der Waals surface area contributed by atoms with Gasteiger partial charge in [-0.1, -0.05) is 88.5 Å². The van der Waals surface area contributed by atoms with Gasteiger partial charge >= 0.3 is 30.3 Å². The number of halogens is 6. The smallest absolute Gasteiger partial charge is 0.435 e. The minimum absolute atomic E-state index is 0.00194. The van der Waals surface area contributed by atoms with E-state index in [1.807, 2.05) is 30.3 Å². The zero-order valence-electron chi connectivity index (χ0n) is 38.2. The van der Waals surface area contributed by atoms with E-state index in [1.165, 1.54) is 13.8 Å². The third-order valence-electron chi connectivity index (χ3n) is 9.85. The van der Waals surface area contributed by atoms with E-state index in [1.54, 1.807) is 18.2 Å². The van der Waals surface area contributed by atoms with Crippen molar-refractivity contribution >= 4 is 73.4 Å². The van der Waals surface area contributed by atoms with Crippen LogP contribution in [-0.2, 0) is 44.3 Å². The summed E-state index contributed by atoms with van der Waals surface area (Å²) in [6.07, 6.45) is -9.60. The summed E-state index contributed by atoms with van der Waals surface area (Å²) >= 11 is 0.892. The molecule has 4 rings (SSSR count). The SMILES string of the molecule is CC(C)(C)[Si](C)(C)Oc1cccc(CC(=O)O)c1.CCOC(=O)c1sc(N)nc1C(F)(F)F.CCOC(=O)c1sc(NC(=O)Cc2cccc(O[Si](C)(C)C(C)(C)C)c2)nc1C(F)(F)F. The van der Waals surface area contributed by atoms with Crippen molar-refractivity contribution in [3.05, 3.63) is 80.8 Å². The number of ether oxygens (including phenoxy) is 2. The number of hydrogen-bond acceptors (Lipinski definition) is 13. The van der Waals surface area contributed by atoms with E-state index in [-0.39, 0.29) is 46.4 Å². The Labute approximate surface area is 384 Å². The third kappa shape index (κ3) is 17.4. The van der Waals surface area contributed by atoms with Crippen molar-refractivity contribution in [2.45, 2.75) is 117 Å². The van der Waals surface area contributed by atoms with E-state index < -0.39 is 73.9 Å². The molecule has 2 aromatic heterocycles. The summed E-state index contributed by atoms with van der Waals surface area (Å²) in [5, 5.41) is 10.6. The minimum atomic E-state index is -4.85. The van der Waals surface area contributed by atoms with Crippen LogP contribution in [0.2, 0.25) is 36.3 Å². The maximum Gasteiger partial charge on any atom is 0.435 e. The Morgan fingerprint density at radius 1 is 0.677 bits per heavy atom. The van der Waals surface area contributed by atoms with E-state index in [2.05, 4.69) is 92.5 Å². The van der Waals surface area contributed by atoms with E-state index in [0.29, 0.717) is 34.0 Å². The minimum Gasteiger partial charge on any atom is -0.543 e. The van der Waals surface area contributed by atoms with Gasteiger partial charge in [0.05, 0.1) is 26.1 Å². The molecule has 13 nitrogen and oxygen atoms in total. The Kier molecular flexibility index (Phi) is 19.4. The van der Waals surface area contributed by atoms with Gasteiger partial charge in [-0.2, -0.15) is 26.3 Å². The molecule has 0 atom stereocenters. The number of carboxylic acid groups (broad SMARTS) is 1. The van der Waals surface area contributed by atoms with Crippen molar-refractivity contribution in [1.82, 2.24) is 9.97 Å². The second-order valence-electron chi connectivity index (χ2n) is 17.2. The maximum atomic E-state index is 13.2. The number of nitrogens with zero attached hydrogens (tertiary/aromatic N) is 2. The van der Waals surface area contributed by atoms with Gasteiger partial charge in [0.2, 0.25) is 22.5 Å². The van der Waals surface area contributed by atoms with Crippen molar-refractivity contribution in [3.63, 3.8) is 0 Å². The highest BCUT2D eigenvalue weighted by molar-refractivity contribution is 7.18. The second kappa shape index (κ2) is 22.5. The number of anilines is 2. The lowest BCUT2D eigenvalue weighted by Crippen LogP contribution is -2.43. The lowest BCUT2D eigenvalue weighted by molar-refractivity contribution is -0.141. The molecule has 0 spiro atoms. The summed E-state index contributed by atoms with van der Waals surface area (Å²) in [5.41, 5.74) is 3.86. The summed E-state index contributed by atoms with van der Waals surface area (Å²) in [6.45, 7) is 24.3. The molecule has 4 aromatic rings. The number of benzene rings is 2. The summed E-state index contributed by atoms with van der Waals surface area (Å²) in [7, 11) is -3.92. The van der Waals surface area contributed by atoms with Gasteiger partial charge < -0.3 is 34.5 Å². The Morgan fingerprint density at radius 3 is 1.46 bits per heavy atom. The molecule has 0 saturated carbocycles. The van der Waals surface area contributed by atoms with Gasteiger partial charge in [0.1, 0.15) is 21.3 Å². The van der Waals surface area contributed by atoms with Crippen LogP contribution < -0.4 is 19.9 Å².